The van der Waals surface area contributed by atoms with Crippen molar-refractivity contribution in [2.24, 2.45) is 5.10 Å². The third-order valence-electron chi connectivity index (χ3n) is 5.95. The Morgan fingerprint density at radius 2 is 1.88 bits per heavy atom. The number of ether oxygens (including phenoxy) is 2. The fourth-order valence-electron chi connectivity index (χ4n) is 4.63. The highest BCUT2D eigenvalue weighted by Gasteiger charge is 2.50. The van der Waals surface area contributed by atoms with Gasteiger partial charge >= 0.3 is 0 Å². The Balaban J connectivity index is 1.60. The summed E-state index contributed by atoms with van der Waals surface area (Å²) in [6, 6.07) is 16.9. The number of methoxy groups -OCH3 is 1. The molecule has 0 unspecified atom stereocenters. The normalized spacial score (nSPS) is 23.0. The van der Waals surface area contributed by atoms with E-state index in [0.29, 0.717) is 0 Å². The van der Waals surface area contributed by atoms with E-state index in [1.165, 1.54) is 30.4 Å². The molecule has 1 spiro atoms. The van der Waals surface area contributed by atoms with Crippen LogP contribution in [0.3, 0.4) is 0 Å². The zero-order chi connectivity index (χ0) is 17.6. The van der Waals surface area contributed by atoms with E-state index in [1.807, 2.05) is 6.07 Å². The minimum absolute atomic E-state index is 0.224. The number of rotatable bonds is 2. The van der Waals surface area contributed by atoms with Crippen LogP contribution in [0.1, 0.15) is 55.7 Å². The van der Waals surface area contributed by atoms with E-state index in [-0.39, 0.29) is 11.8 Å². The molecule has 2 aromatic carbocycles. The molecule has 0 N–H and O–H groups in total. The van der Waals surface area contributed by atoms with Crippen LogP contribution in [0.15, 0.2) is 53.6 Å². The van der Waals surface area contributed by atoms with Gasteiger partial charge in [0, 0.05) is 24.8 Å². The van der Waals surface area contributed by atoms with Crippen molar-refractivity contribution < 1.29 is 9.47 Å². The molecular weight excluding hydrogens is 324 g/mol. The molecule has 0 saturated heterocycles. The summed E-state index contributed by atoms with van der Waals surface area (Å²) in [7, 11) is 1.71. The van der Waals surface area contributed by atoms with Gasteiger partial charge < -0.3 is 9.47 Å². The average molecular weight is 348 g/mol. The molecule has 2 aromatic rings. The first-order valence-electron chi connectivity index (χ1n) is 9.58. The van der Waals surface area contributed by atoms with Gasteiger partial charge in [-0.3, -0.25) is 0 Å². The summed E-state index contributed by atoms with van der Waals surface area (Å²) in [5.74, 6) is 1.87. The molecule has 0 radical (unpaired) electrons. The van der Waals surface area contributed by atoms with Crippen LogP contribution in [0, 0.1) is 0 Å². The Kier molecular flexibility index (Phi) is 3.66. The molecule has 4 heteroatoms. The van der Waals surface area contributed by atoms with Crippen molar-refractivity contribution in [1.82, 2.24) is 5.01 Å². The molecule has 3 aliphatic rings. The fraction of sp³-hybridized carbons (Fsp3) is 0.409. The van der Waals surface area contributed by atoms with Gasteiger partial charge in [-0.25, -0.2) is 5.01 Å². The van der Waals surface area contributed by atoms with Crippen LogP contribution in [-0.2, 0) is 0 Å². The maximum Gasteiger partial charge on any atom is 0.198 e. The Morgan fingerprint density at radius 3 is 2.65 bits per heavy atom. The summed E-state index contributed by atoms with van der Waals surface area (Å²) in [6.07, 6.45) is 6.68. The van der Waals surface area contributed by atoms with E-state index in [1.54, 1.807) is 7.11 Å². The average Bonchev–Trinajstić information content (AvgIpc) is 3.16. The Bertz CT molecular complexity index is 840. The van der Waals surface area contributed by atoms with Gasteiger partial charge in [0.05, 0.1) is 18.9 Å². The van der Waals surface area contributed by atoms with Crippen molar-refractivity contribution in [3.8, 4) is 11.5 Å². The number of fused-ring (bicyclic) bond motifs is 4. The molecule has 1 saturated carbocycles. The summed E-state index contributed by atoms with van der Waals surface area (Å²) in [4.78, 5) is 0. The lowest BCUT2D eigenvalue weighted by Crippen LogP contribution is -2.54. The summed E-state index contributed by atoms with van der Waals surface area (Å²) in [5, 5.41) is 7.37. The highest BCUT2D eigenvalue weighted by molar-refractivity contribution is 6.01. The lowest BCUT2D eigenvalue weighted by atomic mass is 9.86. The molecule has 2 aliphatic heterocycles. The van der Waals surface area contributed by atoms with E-state index in [0.717, 1.165) is 36.5 Å². The van der Waals surface area contributed by atoms with Gasteiger partial charge in [0.25, 0.3) is 0 Å². The van der Waals surface area contributed by atoms with E-state index >= 15 is 0 Å². The van der Waals surface area contributed by atoms with Crippen LogP contribution in [-0.4, -0.2) is 23.6 Å². The maximum atomic E-state index is 6.62. The van der Waals surface area contributed by atoms with Gasteiger partial charge in [-0.2, -0.15) is 5.10 Å². The van der Waals surface area contributed by atoms with Crippen molar-refractivity contribution >= 4 is 5.71 Å². The van der Waals surface area contributed by atoms with Crippen LogP contribution in [0.4, 0.5) is 0 Å². The van der Waals surface area contributed by atoms with Crippen LogP contribution >= 0.6 is 0 Å². The molecule has 1 fully saturated rings. The third-order valence-corrected chi connectivity index (χ3v) is 5.95. The van der Waals surface area contributed by atoms with E-state index in [4.69, 9.17) is 14.6 Å². The van der Waals surface area contributed by atoms with Crippen LogP contribution in [0.5, 0.6) is 11.5 Å². The van der Waals surface area contributed by atoms with E-state index in [2.05, 4.69) is 47.5 Å². The van der Waals surface area contributed by atoms with Crippen molar-refractivity contribution in [3.63, 3.8) is 0 Å². The molecule has 134 valence electrons. The Hall–Kier alpha value is -2.49. The number of benzene rings is 2. The van der Waals surface area contributed by atoms with Gasteiger partial charge in [0.1, 0.15) is 11.5 Å². The maximum absolute atomic E-state index is 6.62. The molecular formula is C22H24N2O2. The van der Waals surface area contributed by atoms with Crippen molar-refractivity contribution in [2.75, 3.05) is 7.11 Å². The second-order valence-electron chi connectivity index (χ2n) is 7.49. The summed E-state index contributed by atoms with van der Waals surface area (Å²) >= 11 is 0. The third kappa shape index (κ3) is 2.39. The quantitative estimate of drug-likeness (QED) is 0.774. The largest absolute Gasteiger partial charge is 0.497 e. The van der Waals surface area contributed by atoms with E-state index < -0.39 is 0 Å². The van der Waals surface area contributed by atoms with Gasteiger partial charge in [0.15, 0.2) is 5.72 Å². The number of hydrazone groups is 1. The second-order valence-corrected chi connectivity index (χ2v) is 7.49. The first-order chi connectivity index (χ1) is 12.8. The molecule has 1 aliphatic carbocycles. The van der Waals surface area contributed by atoms with Gasteiger partial charge in [-0.1, -0.05) is 36.8 Å². The van der Waals surface area contributed by atoms with Crippen LogP contribution in [0.2, 0.25) is 0 Å². The molecule has 0 amide bonds. The molecule has 26 heavy (non-hydrogen) atoms. The Morgan fingerprint density at radius 1 is 1.08 bits per heavy atom. The predicted octanol–water partition coefficient (Wildman–Crippen LogP) is 4.90. The fourth-order valence-corrected chi connectivity index (χ4v) is 4.63. The zero-order valence-corrected chi connectivity index (χ0v) is 15.1. The van der Waals surface area contributed by atoms with E-state index in [9.17, 15) is 0 Å². The first-order valence-corrected chi connectivity index (χ1v) is 9.58. The lowest BCUT2D eigenvalue weighted by Gasteiger charge is -2.49. The standard InChI is InChI=1S/C22H24N2O2/c1-25-17-10-11-21-18(14-17)20-15-19(16-8-4-2-5-9-16)23-24(20)22(26-21)12-6-3-7-13-22/h2,4-5,8-11,14,20H,3,6-7,12-13,15H2,1H3/t20-/m1/s1. The SMILES string of the molecule is COc1ccc2c(c1)[C@H]1CC(c3ccccc3)=NN1C1(CCCCC1)O2. The monoisotopic (exact) mass is 348 g/mol. The molecule has 2 heterocycles. The second kappa shape index (κ2) is 6.04. The van der Waals surface area contributed by atoms with Gasteiger partial charge in [-0.05, 0) is 36.6 Å². The summed E-state index contributed by atoms with van der Waals surface area (Å²) in [6.45, 7) is 0. The summed E-state index contributed by atoms with van der Waals surface area (Å²) < 4.78 is 12.1. The van der Waals surface area contributed by atoms with Gasteiger partial charge in [0.2, 0.25) is 0 Å². The predicted molar refractivity (Wildman–Crippen MR) is 102 cm³/mol. The van der Waals surface area contributed by atoms with Crippen LogP contribution < -0.4 is 9.47 Å². The van der Waals surface area contributed by atoms with Crippen molar-refractivity contribution in [3.05, 3.63) is 59.7 Å². The number of hydrogen-bond acceptors (Lipinski definition) is 4. The molecule has 1 atom stereocenters. The minimum Gasteiger partial charge on any atom is -0.497 e. The minimum atomic E-state index is -0.291. The topological polar surface area (TPSA) is 34.1 Å². The van der Waals surface area contributed by atoms with Crippen molar-refractivity contribution in [1.29, 1.82) is 0 Å². The lowest BCUT2D eigenvalue weighted by molar-refractivity contribution is -0.140. The first kappa shape index (κ1) is 15.7. The Labute approximate surface area is 154 Å². The smallest absolute Gasteiger partial charge is 0.198 e. The number of nitrogens with zero attached hydrogens (tertiary/aromatic N) is 2. The highest BCUT2D eigenvalue weighted by atomic mass is 16.5. The molecule has 0 bridgehead atoms. The highest BCUT2D eigenvalue weighted by Crippen LogP contribution is 2.51. The van der Waals surface area contributed by atoms with Gasteiger partial charge in [-0.15, -0.1) is 0 Å². The van der Waals surface area contributed by atoms with Crippen LogP contribution in [0.25, 0.3) is 0 Å². The number of hydrogen-bond donors (Lipinski definition) is 0. The molecule has 4 nitrogen and oxygen atoms in total. The zero-order valence-electron chi connectivity index (χ0n) is 15.1. The molecule has 0 aromatic heterocycles. The van der Waals surface area contributed by atoms with Crippen molar-refractivity contribution in [2.45, 2.75) is 50.3 Å². The summed E-state index contributed by atoms with van der Waals surface area (Å²) in [5.41, 5.74) is 3.26. The molecule has 5 rings (SSSR count).